The molecule has 0 atom stereocenters. The fourth-order valence-corrected chi connectivity index (χ4v) is 1.83. The van der Waals surface area contributed by atoms with Crippen LogP contribution in [-0.4, -0.2) is 41.4 Å². The predicted octanol–water partition coefficient (Wildman–Crippen LogP) is 0.996. The first-order valence-corrected chi connectivity index (χ1v) is 6.09. The lowest BCUT2D eigenvalue weighted by Crippen LogP contribution is -2.38. The second-order valence-electron chi connectivity index (χ2n) is 3.75. The lowest BCUT2D eigenvalue weighted by molar-refractivity contribution is -0.128. The highest BCUT2D eigenvalue weighted by Gasteiger charge is 2.13. The topological polar surface area (TPSA) is 54.3 Å². The molecule has 0 spiro atoms. The third-order valence-electron chi connectivity index (χ3n) is 2.50. The Morgan fingerprint density at radius 3 is 2.65 bits per heavy atom. The largest absolute Gasteiger partial charge is 0.345 e. The minimum absolute atomic E-state index is 0.0198. The van der Waals surface area contributed by atoms with E-state index in [0.717, 1.165) is 4.47 Å². The van der Waals surface area contributed by atoms with E-state index in [2.05, 4.69) is 21.2 Å². The molecule has 17 heavy (non-hydrogen) atoms. The van der Waals surface area contributed by atoms with Gasteiger partial charge in [-0.05, 0) is 28.9 Å². The summed E-state index contributed by atoms with van der Waals surface area (Å²) in [6.45, 7) is 2.53. The molecule has 0 saturated carbocycles. The monoisotopic (exact) mass is 301 g/mol. The molecule has 0 radical (unpaired) electrons. The van der Waals surface area contributed by atoms with Gasteiger partial charge >= 0.3 is 0 Å². The molecule has 0 fully saturated rings. The van der Waals surface area contributed by atoms with Crippen LogP contribution in [0.25, 0.3) is 0 Å². The number of aromatic nitrogens is 1. The van der Waals surface area contributed by atoms with Crippen molar-refractivity contribution in [1.29, 1.82) is 0 Å². The van der Waals surface area contributed by atoms with Gasteiger partial charge in [0.05, 0.1) is 6.54 Å². The van der Waals surface area contributed by atoms with Gasteiger partial charge in [-0.15, -0.1) is 0 Å². The van der Waals surface area contributed by atoms with Crippen molar-refractivity contribution in [2.45, 2.75) is 6.92 Å². The van der Waals surface area contributed by atoms with Crippen LogP contribution in [0.1, 0.15) is 17.4 Å². The molecular formula is C11H16BrN3O2. The fraction of sp³-hybridized carbons (Fsp3) is 0.455. The minimum Gasteiger partial charge on any atom is -0.345 e. The van der Waals surface area contributed by atoms with Gasteiger partial charge in [0.15, 0.2) is 0 Å². The summed E-state index contributed by atoms with van der Waals surface area (Å²) in [4.78, 5) is 24.8. The number of amides is 2. The van der Waals surface area contributed by atoms with Gasteiger partial charge in [-0.25, -0.2) is 0 Å². The zero-order valence-corrected chi connectivity index (χ0v) is 11.7. The van der Waals surface area contributed by atoms with E-state index in [9.17, 15) is 9.59 Å². The molecule has 6 heteroatoms. The lowest BCUT2D eigenvalue weighted by Gasteiger charge is -2.14. The quantitative estimate of drug-likeness (QED) is 0.902. The number of carbonyl (C=O) groups excluding carboxylic acids is 2. The van der Waals surface area contributed by atoms with Crippen molar-refractivity contribution in [2.24, 2.45) is 7.05 Å². The third-order valence-corrected chi connectivity index (χ3v) is 2.94. The molecule has 0 aromatic carbocycles. The molecular weight excluding hydrogens is 286 g/mol. The van der Waals surface area contributed by atoms with Crippen LogP contribution in [0.4, 0.5) is 0 Å². The van der Waals surface area contributed by atoms with Gasteiger partial charge in [0.25, 0.3) is 5.91 Å². The molecule has 0 saturated heterocycles. The van der Waals surface area contributed by atoms with Gasteiger partial charge in [-0.1, -0.05) is 0 Å². The summed E-state index contributed by atoms with van der Waals surface area (Å²) in [5.74, 6) is -0.356. The van der Waals surface area contributed by atoms with Crippen molar-refractivity contribution >= 4 is 27.7 Å². The van der Waals surface area contributed by atoms with Crippen LogP contribution < -0.4 is 5.32 Å². The number of nitrogens with one attached hydrogen (secondary N) is 1. The molecule has 0 aliphatic rings. The van der Waals surface area contributed by atoms with Crippen LogP contribution in [-0.2, 0) is 11.8 Å². The summed E-state index contributed by atoms with van der Waals surface area (Å²) in [6, 6.07) is 1.71. The van der Waals surface area contributed by atoms with Crippen molar-refractivity contribution in [2.75, 3.05) is 20.1 Å². The predicted molar refractivity (Wildman–Crippen MR) is 68.8 cm³/mol. The van der Waals surface area contributed by atoms with E-state index in [4.69, 9.17) is 0 Å². The SMILES string of the molecule is CCN(C)C(=O)CNC(=O)c1cc(Br)cn1C. The summed E-state index contributed by atoms with van der Waals surface area (Å²) in [6.07, 6.45) is 1.79. The summed E-state index contributed by atoms with van der Waals surface area (Å²) in [5, 5.41) is 2.60. The van der Waals surface area contributed by atoms with Gasteiger partial charge in [-0.3, -0.25) is 9.59 Å². The number of likely N-dealkylation sites (N-methyl/N-ethyl adjacent to an activating group) is 1. The average Bonchev–Trinajstić information content (AvgIpc) is 2.63. The van der Waals surface area contributed by atoms with Crippen molar-refractivity contribution in [3.8, 4) is 0 Å². The highest BCUT2D eigenvalue weighted by molar-refractivity contribution is 9.10. The van der Waals surface area contributed by atoms with Crippen molar-refractivity contribution in [1.82, 2.24) is 14.8 Å². The fourth-order valence-electron chi connectivity index (χ4n) is 1.31. The number of aryl methyl sites for hydroxylation is 1. The van der Waals surface area contributed by atoms with Crippen molar-refractivity contribution in [3.05, 3.63) is 22.4 Å². The number of hydrogen-bond donors (Lipinski definition) is 1. The Bertz CT molecular complexity index is 428. The minimum atomic E-state index is -0.254. The first-order chi connectivity index (χ1) is 7.95. The first kappa shape index (κ1) is 13.8. The number of carbonyl (C=O) groups is 2. The Kier molecular flexibility index (Phi) is 4.74. The van der Waals surface area contributed by atoms with E-state index in [1.807, 2.05) is 6.92 Å². The van der Waals surface area contributed by atoms with E-state index >= 15 is 0 Å². The maximum atomic E-state index is 11.8. The maximum absolute atomic E-state index is 11.8. The van der Waals surface area contributed by atoms with Crippen LogP contribution >= 0.6 is 15.9 Å². The smallest absolute Gasteiger partial charge is 0.268 e. The molecule has 1 aromatic heterocycles. The number of rotatable bonds is 4. The average molecular weight is 302 g/mol. The highest BCUT2D eigenvalue weighted by Crippen LogP contribution is 2.13. The van der Waals surface area contributed by atoms with E-state index in [-0.39, 0.29) is 18.4 Å². The van der Waals surface area contributed by atoms with Crippen molar-refractivity contribution < 1.29 is 9.59 Å². The van der Waals surface area contributed by atoms with Gasteiger partial charge in [0, 0.05) is 31.3 Å². The molecule has 0 aliphatic carbocycles. The van der Waals surface area contributed by atoms with Gasteiger partial charge in [0.1, 0.15) is 5.69 Å². The molecule has 94 valence electrons. The number of nitrogens with zero attached hydrogens (tertiary/aromatic N) is 2. The third kappa shape index (κ3) is 3.59. The Morgan fingerprint density at radius 1 is 1.53 bits per heavy atom. The summed E-state index contributed by atoms with van der Waals surface area (Å²) in [5.41, 5.74) is 0.517. The second kappa shape index (κ2) is 5.86. The maximum Gasteiger partial charge on any atom is 0.268 e. The highest BCUT2D eigenvalue weighted by atomic mass is 79.9. The normalized spacial score (nSPS) is 10.1. The molecule has 1 heterocycles. The van der Waals surface area contributed by atoms with E-state index < -0.39 is 0 Å². The molecule has 1 aromatic rings. The zero-order chi connectivity index (χ0) is 13.0. The number of hydrogen-bond acceptors (Lipinski definition) is 2. The summed E-state index contributed by atoms with van der Waals surface area (Å²) in [7, 11) is 3.48. The second-order valence-corrected chi connectivity index (χ2v) is 4.66. The Balaban J connectivity index is 2.56. The van der Waals surface area contributed by atoms with E-state index in [1.165, 1.54) is 0 Å². The Morgan fingerprint density at radius 2 is 2.18 bits per heavy atom. The van der Waals surface area contributed by atoms with Crippen LogP contribution in [0.3, 0.4) is 0 Å². The molecule has 0 unspecified atom stereocenters. The molecule has 1 N–H and O–H groups in total. The van der Waals surface area contributed by atoms with Crippen molar-refractivity contribution in [3.63, 3.8) is 0 Å². The molecule has 0 aliphatic heterocycles. The standard InChI is InChI=1S/C11H16BrN3O2/c1-4-14(2)10(16)6-13-11(17)9-5-8(12)7-15(9)3/h5,7H,4,6H2,1-3H3,(H,13,17). The lowest BCUT2D eigenvalue weighted by atomic mass is 10.4. The van der Waals surface area contributed by atoms with Crippen LogP contribution in [0.5, 0.6) is 0 Å². The Hall–Kier alpha value is -1.30. The molecule has 0 bridgehead atoms. The summed E-state index contributed by atoms with van der Waals surface area (Å²) >= 11 is 3.29. The Labute approximate surface area is 109 Å². The van der Waals surface area contributed by atoms with Gasteiger partial charge < -0.3 is 14.8 Å². The number of halogens is 1. The van der Waals surface area contributed by atoms with Crippen LogP contribution in [0.15, 0.2) is 16.7 Å². The summed E-state index contributed by atoms with van der Waals surface area (Å²) < 4.78 is 2.54. The molecule has 2 amide bonds. The molecule has 1 rings (SSSR count). The first-order valence-electron chi connectivity index (χ1n) is 5.29. The van der Waals surface area contributed by atoms with Gasteiger partial charge in [-0.2, -0.15) is 0 Å². The van der Waals surface area contributed by atoms with Crippen LogP contribution in [0, 0.1) is 0 Å². The molecule has 5 nitrogen and oxygen atoms in total. The zero-order valence-electron chi connectivity index (χ0n) is 10.2. The van der Waals surface area contributed by atoms with E-state index in [0.29, 0.717) is 12.2 Å². The van der Waals surface area contributed by atoms with E-state index in [1.54, 1.807) is 35.8 Å². The van der Waals surface area contributed by atoms with Gasteiger partial charge in [0.2, 0.25) is 5.91 Å². The van der Waals surface area contributed by atoms with Crippen LogP contribution in [0.2, 0.25) is 0 Å².